The third kappa shape index (κ3) is 5.13. The predicted molar refractivity (Wildman–Crippen MR) is 120 cm³/mol. The Morgan fingerprint density at radius 1 is 1.31 bits per heavy atom. The summed E-state index contributed by atoms with van der Waals surface area (Å²) in [5.74, 6) is 1.09. The zero-order valence-corrected chi connectivity index (χ0v) is 19.0. The largest absolute Gasteiger partial charge is 0.390 e. The van der Waals surface area contributed by atoms with Gasteiger partial charge >= 0.3 is 0 Å². The van der Waals surface area contributed by atoms with Crippen molar-refractivity contribution in [2.24, 2.45) is 5.41 Å². The van der Waals surface area contributed by atoms with Crippen LogP contribution in [0.4, 0.5) is 11.6 Å². The number of aliphatic hydroxyl groups excluding tert-OH is 1. The Hall–Kier alpha value is -1.57. The lowest BCUT2D eigenvalue weighted by Gasteiger charge is -2.40. The first-order chi connectivity index (χ1) is 13.9. The van der Waals surface area contributed by atoms with Crippen LogP contribution < -0.4 is 10.6 Å². The Labute approximate surface area is 182 Å². The standard InChI is InChI=1S/C21H30ClN5OS/c1-4-5-7-21(3)8-11-27(12-9-21)19-15(13-28)26-20(14(2)25-19)29-16-6-10-24-18(23)17(16)22/h6,10,28H,4-5,7-9,11-13H2,1-3H3,(H2,23,24). The van der Waals surface area contributed by atoms with Crippen molar-refractivity contribution in [3.05, 3.63) is 28.7 Å². The quantitative estimate of drug-likeness (QED) is 0.642. The second-order valence-electron chi connectivity index (χ2n) is 8.05. The topological polar surface area (TPSA) is 88.2 Å². The number of unbranched alkanes of at least 4 members (excludes halogenated alkanes) is 1. The number of aryl methyl sites for hydroxylation is 1. The van der Waals surface area contributed by atoms with Crippen LogP contribution in [0.1, 0.15) is 57.3 Å². The molecule has 0 spiro atoms. The Bertz CT molecular complexity index is 855. The fourth-order valence-electron chi connectivity index (χ4n) is 3.72. The van der Waals surface area contributed by atoms with Gasteiger partial charge in [-0.25, -0.2) is 15.0 Å². The summed E-state index contributed by atoms with van der Waals surface area (Å²) < 4.78 is 0. The minimum absolute atomic E-state index is 0.147. The van der Waals surface area contributed by atoms with Crippen molar-refractivity contribution in [2.45, 2.75) is 69.4 Å². The van der Waals surface area contributed by atoms with Crippen molar-refractivity contribution in [1.29, 1.82) is 0 Å². The first-order valence-electron chi connectivity index (χ1n) is 10.2. The Morgan fingerprint density at radius 2 is 2.03 bits per heavy atom. The van der Waals surface area contributed by atoms with E-state index >= 15 is 0 Å². The van der Waals surface area contributed by atoms with E-state index < -0.39 is 0 Å². The molecule has 3 N–H and O–H groups in total. The predicted octanol–water partition coefficient (Wildman–Crippen LogP) is 4.86. The molecule has 0 amide bonds. The Kier molecular flexibility index (Phi) is 7.24. The molecule has 0 unspecified atom stereocenters. The fourth-order valence-corrected chi connectivity index (χ4v) is 4.82. The van der Waals surface area contributed by atoms with Crippen LogP contribution in [-0.2, 0) is 6.61 Å². The van der Waals surface area contributed by atoms with Crippen LogP contribution in [-0.4, -0.2) is 33.1 Å². The van der Waals surface area contributed by atoms with Crippen molar-refractivity contribution in [1.82, 2.24) is 15.0 Å². The Balaban J connectivity index is 1.80. The van der Waals surface area contributed by atoms with E-state index in [1.165, 1.54) is 31.0 Å². The molecule has 1 saturated heterocycles. The number of nitrogen functional groups attached to an aromatic ring is 1. The lowest BCUT2D eigenvalue weighted by molar-refractivity contribution is 0.220. The van der Waals surface area contributed by atoms with Crippen molar-refractivity contribution in [3.8, 4) is 0 Å². The molecule has 6 nitrogen and oxygen atoms in total. The van der Waals surface area contributed by atoms with E-state index in [1.54, 1.807) is 12.3 Å². The molecule has 0 aromatic carbocycles. The van der Waals surface area contributed by atoms with Crippen LogP contribution in [0.15, 0.2) is 22.2 Å². The number of aliphatic hydroxyl groups is 1. The molecule has 1 aliphatic rings. The number of pyridine rings is 1. The molecule has 3 rings (SSSR count). The number of hydrogen-bond acceptors (Lipinski definition) is 7. The number of halogens is 1. The van der Waals surface area contributed by atoms with Crippen molar-refractivity contribution < 1.29 is 5.11 Å². The fraction of sp³-hybridized carbons (Fsp3) is 0.571. The lowest BCUT2D eigenvalue weighted by atomic mass is 9.76. The summed E-state index contributed by atoms with van der Waals surface area (Å²) in [5.41, 5.74) is 7.63. The number of nitrogens with zero attached hydrogens (tertiary/aromatic N) is 4. The van der Waals surface area contributed by atoms with Crippen LogP contribution in [0.5, 0.6) is 0 Å². The summed E-state index contributed by atoms with van der Waals surface area (Å²) >= 11 is 7.66. The molecule has 0 radical (unpaired) electrons. The molecule has 1 fully saturated rings. The van der Waals surface area contributed by atoms with E-state index in [2.05, 4.69) is 23.7 Å². The summed E-state index contributed by atoms with van der Waals surface area (Å²) in [6, 6.07) is 1.80. The minimum atomic E-state index is -0.147. The summed E-state index contributed by atoms with van der Waals surface area (Å²) in [5, 5.41) is 11.1. The van der Waals surface area contributed by atoms with E-state index in [4.69, 9.17) is 27.3 Å². The highest BCUT2D eigenvalue weighted by Gasteiger charge is 2.31. The van der Waals surface area contributed by atoms with Crippen molar-refractivity contribution in [2.75, 3.05) is 23.7 Å². The molecule has 158 valence electrons. The maximum absolute atomic E-state index is 9.95. The lowest BCUT2D eigenvalue weighted by Crippen LogP contribution is -2.40. The first-order valence-corrected chi connectivity index (χ1v) is 11.4. The molecular weight excluding hydrogens is 406 g/mol. The van der Waals surface area contributed by atoms with Crippen LogP contribution in [0.25, 0.3) is 0 Å². The molecule has 8 heteroatoms. The SMILES string of the molecule is CCCCC1(C)CCN(c2nc(C)c(Sc3ccnc(N)c3Cl)nc2CO)CC1. The van der Waals surface area contributed by atoms with Crippen LogP contribution in [0.3, 0.4) is 0 Å². The van der Waals surface area contributed by atoms with Gasteiger partial charge in [-0.1, -0.05) is 50.1 Å². The normalized spacial score (nSPS) is 16.2. The zero-order valence-electron chi connectivity index (χ0n) is 17.4. The highest BCUT2D eigenvalue weighted by Crippen LogP contribution is 2.39. The van der Waals surface area contributed by atoms with E-state index in [0.29, 0.717) is 21.9 Å². The molecular formula is C21H30ClN5OS. The summed E-state index contributed by atoms with van der Waals surface area (Å²) in [7, 11) is 0. The summed E-state index contributed by atoms with van der Waals surface area (Å²) in [4.78, 5) is 16.6. The maximum atomic E-state index is 9.95. The average Bonchev–Trinajstić information content (AvgIpc) is 2.71. The van der Waals surface area contributed by atoms with Gasteiger partial charge in [-0.2, -0.15) is 0 Å². The number of hydrogen-bond donors (Lipinski definition) is 2. The van der Waals surface area contributed by atoms with Gasteiger partial charge in [-0.05, 0) is 37.7 Å². The van der Waals surface area contributed by atoms with Crippen LogP contribution in [0, 0.1) is 12.3 Å². The van der Waals surface area contributed by atoms with E-state index in [-0.39, 0.29) is 6.61 Å². The highest BCUT2D eigenvalue weighted by molar-refractivity contribution is 7.99. The second kappa shape index (κ2) is 9.49. The van der Waals surface area contributed by atoms with Gasteiger partial charge in [0.25, 0.3) is 0 Å². The van der Waals surface area contributed by atoms with Crippen molar-refractivity contribution >= 4 is 35.0 Å². The maximum Gasteiger partial charge on any atom is 0.153 e. The molecule has 0 aliphatic carbocycles. The number of rotatable bonds is 7. The molecule has 2 aromatic rings. The molecule has 0 saturated carbocycles. The molecule has 29 heavy (non-hydrogen) atoms. The molecule has 3 heterocycles. The van der Waals surface area contributed by atoms with Crippen LogP contribution >= 0.6 is 23.4 Å². The number of anilines is 2. The van der Waals surface area contributed by atoms with Gasteiger partial charge in [0.05, 0.1) is 17.3 Å². The number of aromatic nitrogens is 3. The molecule has 1 aliphatic heterocycles. The van der Waals surface area contributed by atoms with Gasteiger partial charge < -0.3 is 15.7 Å². The third-order valence-corrected chi connectivity index (χ3v) is 7.37. The van der Waals surface area contributed by atoms with E-state index in [9.17, 15) is 5.11 Å². The summed E-state index contributed by atoms with van der Waals surface area (Å²) in [6.07, 6.45) is 7.70. The first kappa shape index (κ1) is 22.1. The van der Waals surface area contributed by atoms with Gasteiger partial charge in [-0.3, -0.25) is 0 Å². The molecule has 0 atom stereocenters. The monoisotopic (exact) mass is 435 g/mol. The minimum Gasteiger partial charge on any atom is -0.390 e. The van der Waals surface area contributed by atoms with Gasteiger partial charge in [0, 0.05) is 24.2 Å². The highest BCUT2D eigenvalue weighted by atomic mass is 35.5. The second-order valence-corrected chi connectivity index (χ2v) is 9.46. The number of piperidine rings is 1. The van der Waals surface area contributed by atoms with Crippen molar-refractivity contribution in [3.63, 3.8) is 0 Å². The van der Waals surface area contributed by atoms with E-state index in [1.807, 2.05) is 6.92 Å². The van der Waals surface area contributed by atoms with Crippen LogP contribution in [0.2, 0.25) is 5.02 Å². The van der Waals surface area contributed by atoms with Gasteiger partial charge in [0.15, 0.2) is 5.82 Å². The zero-order chi connectivity index (χ0) is 21.0. The van der Waals surface area contributed by atoms with Gasteiger partial charge in [-0.15, -0.1) is 0 Å². The average molecular weight is 436 g/mol. The smallest absolute Gasteiger partial charge is 0.153 e. The Morgan fingerprint density at radius 3 is 2.69 bits per heavy atom. The van der Waals surface area contributed by atoms with Gasteiger partial charge in [0.1, 0.15) is 16.5 Å². The van der Waals surface area contributed by atoms with E-state index in [0.717, 1.165) is 47.4 Å². The third-order valence-electron chi connectivity index (χ3n) is 5.72. The molecule has 2 aromatic heterocycles. The van der Waals surface area contributed by atoms with Gasteiger partial charge in [0.2, 0.25) is 0 Å². The summed E-state index contributed by atoms with van der Waals surface area (Å²) in [6.45, 7) is 8.33. The molecule has 0 bridgehead atoms. The number of nitrogens with two attached hydrogens (primary N) is 1.